The molecule has 0 unspecified atom stereocenters. The second-order valence-electron chi connectivity index (χ2n) is 1.99. The quantitative estimate of drug-likeness (QED) is 0.556. The Morgan fingerprint density at radius 1 is 1.30 bits per heavy atom. The lowest BCUT2D eigenvalue weighted by Crippen LogP contribution is -1.73. The van der Waals surface area contributed by atoms with Crippen molar-refractivity contribution in [1.82, 2.24) is 15.2 Å². The van der Waals surface area contributed by atoms with E-state index >= 15 is 0 Å². The molecule has 0 fully saturated rings. The summed E-state index contributed by atoms with van der Waals surface area (Å²) >= 11 is 4.19. The second kappa shape index (κ2) is 1.98. The average molecular weight is 151 g/mol. The number of nitrogens with one attached hydrogen (secondary N) is 1. The number of rotatable bonds is 0. The van der Waals surface area contributed by atoms with Crippen molar-refractivity contribution >= 4 is 23.5 Å². The van der Waals surface area contributed by atoms with Gasteiger partial charge in [0.15, 0.2) is 0 Å². The van der Waals surface area contributed by atoms with Crippen molar-refractivity contribution in [3.8, 4) is 0 Å². The van der Waals surface area contributed by atoms with Gasteiger partial charge in [-0.15, -0.1) is 12.6 Å². The minimum absolute atomic E-state index is 0.853. The maximum Gasteiger partial charge on any atom is 0.0844 e. The summed E-state index contributed by atoms with van der Waals surface area (Å²) in [6.07, 6.45) is 5.16. The molecule has 0 aromatic carbocycles. The van der Waals surface area contributed by atoms with E-state index in [2.05, 4.69) is 27.8 Å². The molecular weight excluding hydrogens is 146 g/mol. The van der Waals surface area contributed by atoms with Crippen LogP contribution < -0.4 is 0 Å². The first-order valence-electron chi connectivity index (χ1n) is 2.84. The minimum atomic E-state index is 0.853. The van der Waals surface area contributed by atoms with Crippen LogP contribution in [0.2, 0.25) is 0 Å². The Morgan fingerprint density at radius 3 is 3.00 bits per heavy atom. The molecule has 2 heterocycles. The molecule has 4 heteroatoms. The molecule has 2 aromatic heterocycles. The van der Waals surface area contributed by atoms with Crippen LogP contribution in [0.4, 0.5) is 0 Å². The van der Waals surface area contributed by atoms with Crippen LogP contribution in [0.1, 0.15) is 0 Å². The first-order valence-corrected chi connectivity index (χ1v) is 3.29. The molecule has 0 atom stereocenters. The van der Waals surface area contributed by atoms with Gasteiger partial charge in [-0.05, 0) is 0 Å². The average Bonchev–Trinajstić information content (AvgIpc) is 2.36. The highest BCUT2D eigenvalue weighted by Crippen LogP contribution is 2.16. The van der Waals surface area contributed by atoms with Crippen LogP contribution in [0.15, 0.2) is 23.5 Å². The Hall–Kier alpha value is -1.03. The number of nitrogens with zero attached hydrogens (tertiary/aromatic N) is 2. The van der Waals surface area contributed by atoms with E-state index < -0.39 is 0 Å². The number of aromatic nitrogens is 3. The van der Waals surface area contributed by atoms with Gasteiger partial charge >= 0.3 is 0 Å². The number of aromatic amines is 1. The molecule has 0 aliphatic heterocycles. The lowest BCUT2D eigenvalue weighted by atomic mass is 10.3. The van der Waals surface area contributed by atoms with E-state index in [-0.39, 0.29) is 0 Å². The van der Waals surface area contributed by atoms with Gasteiger partial charge in [-0.1, -0.05) is 0 Å². The normalized spacial score (nSPS) is 10.5. The number of pyridine rings is 1. The number of fused-ring (bicyclic) bond motifs is 1. The predicted molar refractivity (Wildman–Crippen MR) is 41.1 cm³/mol. The molecular formula is C6H5N3S. The lowest BCUT2D eigenvalue weighted by Gasteiger charge is -1.89. The van der Waals surface area contributed by atoms with Gasteiger partial charge in [0.2, 0.25) is 0 Å². The Bertz CT molecular complexity index is 355. The maximum absolute atomic E-state index is 4.19. The Morgan fingerprint density at radius 2 is 2.20 bits per heavy atom. The van der Waals surface area contributed by atoms with E-state index in [1.54, 1.807) is 18.6 Å². The molecule has 3 nitrogen and oxygen atoms in total. The monoisotopic (exact) mass is 151 g/mol. The van der Waals surface area contributed by atoms with E-state index in [0.29, 0.717) is 0 Å². The Kier molecular flexibility index (Phi) is 1.14. The largest absolute Gasteiger partial charge is 0.276 e. The van der Waals surface area contributed by atoms with Crippen LogP contribution in [0.5, 0.6) is 0 Å². The molecule has 0 aliphatic carbocycles. The van der Waals surface area contributed by atoms with Crippen molar-refractivity contribution in [2.45, 2.75) is 4.90 Å². The van der Waals surface area contributed by atoms with Gasteiger partial charge in [-0.2, -0.15) is 5.10 Å². The summed E-state index contributed by atoms with van der Waals surface area (Å²) in [5.41, 5.74) is 0.924. The Labute approximate surface area is 62.9 Å². The van der Waals surface area contributed by atoms with E-state index in [0.717, 1.165) is 15.8 Å². The lowest BCUT2D eigenvalue weighted by molar-refractivity contribution is 1.11. The highest BCUT2D eigenvalue weighted by atomic mass is 32.1. The second-order valence-corrected chi connectivity index (χ2v) is 2.47. The first kappa shape index (κ1) is 5.73. The molecule has 0 amide bonds. The van der Waals surface area contributed by atoms with Crippen molar-refractivity contribution in [1.29, 1.82) is 0 Å². The number of hydrogen-bond acceptors (Lipinski definition) is 3. The summed E-state index contributed by atoms with van der Waals surface area (Å²) in [6.45, 7) is 0. The standard InChI is InChI=1S/C6H5N3S/c10-6-3-7-2-5-4(6)1-8-9-5/h1-3,10H,(H,8,9). The number of hydrogen-bond donors (Lipinski definition) is 2. The van der Waals surface area contributed by atoms with Gasteiger partial charge in [0.25, 0.3) is 0 Å². The van der Waals surface area contributed by atoms with Crippen LogP contribution in [0, 0.1) is 0 Å². The van der Waals surface area contributed by atoms with Crippen LogP contribution in [-0.4, -0.2) is 15.2 Å². The summed E-state index contributed by atoms with van der Waals surface area (Å²) in [5, 5.41) is 7.66. The van der Waals surface area contributed by atoms with Crippen LogP contribution in [0.3, 0.4) is 0 Å². The van der Waals surface area contributed by atoms with Gasteiger partial charge in [0.1, 0.15) is 0 Å². The molecule has 0 bridgehead atoms. The molecule has 0 radical (unpaired) electrons. The molecule has 0 aliphatic rings. The van der Waals surface area contributed by atoms with E-state index in [9.17, 15) is 0 Å². The molecule has 2 aromatic rings. The number of H-pyrrole nitrogens is 1. The zero-order valence-electron chi connectivity index (χ0n) is 5.07. The topological polar surface area (TPSA) is 41.6 Å². The molecule has 50 valence electrons. The van der Waals surface area contributed by atoms with E-state index in [1.165, 1.54) is 0 Å². The summed E-state index contributed by atoms with van der Waals surface area (Å²) < 4.78 is 0. The summed E-state index contributed by atoms with van der Waals surface area (Å²) in [7, 11) is 0. The van der Waals surface area contributed by atoms with Crippen molar-refractivity contribution in [2.75, 3.05) is 0 Å². The first-order chi connectivity index (χ1) is 4.88. The zero-order chi connectivity index (χ0) is 6.97. The van der Waals surface area contributed by atoms with Crippen molar-refractivity contribution < 1.29 is 0 Å². The third kappa shape index (κ3) is 0.690. The predicted octanol–water partition coefficient (Wildman–Crippen LogP) is 1.25. The smallest absolute Gasteiger partial charge is 0.0844 e. The molecule has 0 saturated carbocycles. The summed E-state index contributed by atoms with van der Waals surface area (Å²) in [6, 6.07) is 0. The van der Waals surface area contributed by atoms with Gasteiger partial charge in [-0.3, -0.25) is 10.1 Å². The Balaban J connectivity index is 2.95. The third-order valence-electron chi connectivity index (χ3n) is 1.35. The maximum atomic E-state index is 4.19. The van der Waals surface area contributed by atoms with Crippen molar-refractivity contribution in [3.63, 3.8) is 0 Å². The third-order valence-corrected chi connectivity index (χ3v) is 1.70. The summed E-state index contributed by atoms with van der Waals surface area (Å²) in [4.78, 5) is 4.79. The molecule has 1 N–H and O–H groups in total. The van der Waals surface area contributed by atoms with Gasteiger partial charge < -0.3 is 0 Å². The fourth-order valence-corrected chi connectivity index (χ4v) is 1.10. The van der Waals surface area contributed by atoms with Gasteiger partial charge in [0.05, 0.1) is 17.9 Å². The van der Waals surface area contributed by atoms with Crippen molar-refractivity contribution in [3.05, 3.63) is 18.6 Å². The van der Waals surface area contributed by atoms with Gasteiger partial charge in [0, 0.05) is 16.5 Å². The fourth-order valence-electron chi connectivity index (χ4n) is 0.851. The minimum Gasteiger partial charge on any atom is -0.276 e. The highest BCUT2D eigenvalue weighted by Gasteiger charge is 1.96. The molecule has 0 spiro atoms. The number of thiol groups is 1. The highest BCUT2D eigenvalue weighted by molar-refractivity contribution is 7.80. The zero-order valence-corrected chi connectivity index (χ0v) is 5.97. The fraction of sp³-hybridized carbons (Fsp3) is 0. The SMILES string of the molecule is Sc1cncc2[nH]ncc12. The van der Waals surface area contributed by atoms with E-state index in [1.807, 2.05) is 0 Å². The van der Waals surface area contributed by atoms with Crippen LogP contribution in [0.25, 0.3) is 10.9 Å². The van der Waals surface area contributed by atoms with Crippen LogP contribution in [-0.2, 0) is 0 Å². The van der Waals surface area contributed by atoms with Gasteiger partial charge in [-0.25, -0.2) is 0 Å². The van der Waals surface area contributed by atoms with E-state index in [4.69, 9.17) is 0 Å². The summed E-state index contributed by atoms with van der Waals surface area (Å²) in [5.74, 6) is 0. The molecule has 2 rings (SSSR count). The molecule has 0 saturated heterocycles. The van der Waals surface area contributed by atoms with Crippen LogP contribution >= 0.6 is 12.6 Å². The molecule has 10 heavy (non-hydrogen) atoms. The van der Waals surface area contributed by atoms with Crippen molar-refractivity contribution in [2.24, 2.45) is 0 Å².